The number of carbonyl (C=O) groups excluding carboxylic acids is 1. The number of hydrogen-bond donors (Lipinski definition) is 1. The summed E-state index contributed by atoms with van der Waals surface area (Å²) in [6.07, 6.45) is 3.22. The van der Waals surface area contributed by atoms with Gasteiger partial charge in [-0.05, 0) is 49.8 Å². The minimum atomic E-state index is -0.322. The second-order valence-electron chi connectivity index (χ2n) is 5.05. The van der Waals surface area contributed by atoms with Gasteiger partial charge in [-0.2, -0.15) is 0 Å². The zero-order valence-corrected chi connectivity index (χ0v) is 10.3. The van der Waals surface area contributed by atoms with E-state index in [0.717, 1.165) is 19.3 Å². The summed E-state index contributed by atoms with van der Waals surface area (Å²) >= 11 is 0. The van der Waals surface area contributed by atoms with E-state index in [-0.39, 0.29) is 17.8 Å². The average Bonchev–Trinajstić information content (AvgIpc) is 2.68. The molecule has 1 N–H and O–H groups in total. The van der Waals surface area contributed by atoms with Crippen LogP contribution in [0.15, 0.2) is 18.2 Å². The first-order valence-corrected chi connectivity index (χ1v) is 6.13. The van der Waals surface area contributed by atoms with Crippen molar-refractivity contribution < 1.29 is 9.18 Å². The van der Waals surface area contributed by atoms with Gasteiger partial charge in [0.25, 0.3) is 5.91 Å². The third-order valence-electron chi connectivity index (χ3n) is 3.46. The first-order chi connectivity index (χ1) is 8.06. The molecule has 92 valence electrons. The number of amides is 1. The third kappa shape index (κ3) is 2.84. The summed E-state index contributed by atoms with van der Waals surface area (Å²) in [4.78, 5) is 11.9. The summed E-state index contributed by atoms with van der Waals surface area (Å²) < 4.78 is 13.3. The topological polar surface area (TPSA) is 29.1 Å². The Hall–Kier alpha value is -1.38. The molecule has 1 saturated carbocycles. The molecule has 0 bridgehead atoms. The van der Waals surface area contributed by atoms with Crippen LogP contribution in [-0.2, 0) is 0 Å². The second kappa shape index (κ2) is 4.86. The molecular weight excluding hydrogens is 217 g/mol. The van der Waals surface area contributed by atoms with Crippen molar-refractivity contribution in [1.82, 2.24) is 5.32 Å². The van der Waals surface area contributed by atoms with Gasteiger partial charge in [0.2, 0.25) is 0 Å². The van der Waals surface area contributed by atoms with Gasteiger partial charge in [-0.1, -0.05) is 13.0 Å². The molecule has 0 saturated heterocycles. The molecule has 2 unspecified atom stereocenters. The smallest absolute Gasteiger partial charge is 0.251 e. The number of nitrogens with one attached hydrogen (secondary N) is 1. The predicted molar refractivity (Wildman–Crippen MR) is 65.4 cm³/mol. The van der Waals surface area contributed by atoms with E-state index in [1.54, 1.807) is 19.1 Å². The van der Waals surface area contributed by atoms with Gasteiger partial charge in [-0.25, -0.2) is 4.39 Å². The molecule has 0 radical (unpaired) electrons. The maximum Gasteiger partial charge on any atom is 0.251 e. The summed E-state index contributed by atoms with van der Waals surface area (Å²) in [6, 6.07) is 4.87. The molecule has 1 amide bonds. The van der Waals surface area contributed by atoms with E-state index in [4.69, 9.17) is 0 Å². The van der Waals surface area contributed by atoms with E-state index in [9.17, 15) is 9.18 Å². The van der Waals surface area contributed by atoms with E-state index in [2.05, 4.69) is 12.2 Å². The van der Waals surface area contributed by atoms with Crippen molar-refractivity contribution in [3.8, 4) is 0 Å². The van der Waals surface area contributed by atoms with Gasteiger partial charge >= 0.3 is 0 Å². The quantitative estimate of drug-likeness (QED) is 0.838. The molecular formula is C14H18FNO. The van der Waals surface area contributed by atoms with E-state index in [1.165, 1.54) is 6.07 Å². The maximum absolute atomic E-state index is 13.3. The van der Waals surface area contributed by atoms with Crippen molar-refractivity contribution in [3.05, 3.63) is 35.1 Å². The fourth-order valence-corrected chi connectivity index (χ4v) is 2.34. The normalized spacial score (nSPS) is 23.7. The summed E-state index contributed by atoms with van der Waals surface area (Å²) in [6.45, 7) is 3.88. The Morgan fingerprint density at radius 2 is 2.18 bits per heavy atom. The van der Waals surface area contributed by atoms with Crippen LogP contribution in [0.2, 0.25) is 0 Å². The van der Waals surface area contributed by atoms with Gasteiger partial charge in [-0.3, -0.25) is 4.79 Å². The molecule has 1 aliphatic carbocycles. The number of rotatable bonds is 2. The lowest BCUT2D eigenvalue weighted by molar-refractivity contribution is 0.0937. The highest BCUT2D eigenvalue weighted by molar-refractivity contribution is 5.94. The Labute approximate surface area is 101 Å². The Morgan fingerprint density at radius 1 is 1.41 bits per heavy atom. The lowest BCUT2D eigenvalue weighted by Crippen LogP contribution is -2.32. The zero-order valence-electron chi connectivity index (χ0n) is 10.3. The molecule has 1 aromatic rings. The molecule has 17 heavy (non-hydrogen) atoms. The SMILES string of the molecule is Cc1ccc(C(=O)NC2CCC(C)C2)cc1F. The third-order valence-corrected chi connectivity index (χ3v) is 3.46. The van der Waals surface area contributed by atoms with Crippen molar-refractivity contribution >= 4 is 5.91 Å². The molecule has 1 aromatic carbocycles. The molecule has 0 aliphatic heterocycles. The van der Waals surface area contributed by atoms with Crippen LogP contribution in [0.1, 0.15) is 42.1 Å². The van der Waals surface area contributed by atoms with Gasteiger partial charge in [0.1, 0.15) is 5.82 Å². The van der Waals surface area contributed by atoms with Gasteiger partial charge in [0.15, 0.2) is 0 Å². The largest absolute Gasteiger partial charge is 0.349 e. The van der Waals surface area contributed by atoms with E-state index in [0.29, 0.717) is 17.0 Å². The zero-order chi connectivity index (χ0) is 12.4. The van der Waals surface area contributed by atoms with Crippen LogP contribution in [-0.4, -0.2) is 11.9 Å². The lowest BCUT2D eigenvalue weighted by atomic mass is 10.1. The van der Waals surface area contributed by atoms with Crippen LogP contribution in [0.25, 0.3) is 0 Å². The molecule has 2 nitrogen and oxygen atoms in total. The highest BCUT2D eigenvalue weighted by Crippen LogP contribution is 2.24. The van der Waals surface area contributed by atoms with Gasteiger partial charge in [-0.15, -0.1) is 0 Å². The van der Waals surface area contributed by atoms with Crippen LogP contribution in [0, 0.1) is 18.7 Å². The fraction of sp³-hybridized carbons (Fsp3) is 0.500. The van der Waals surface area contributed by atoms with E-state index >= 15 is 0 Å². The van der Waals surface area contributed by atoms with Gasteiger partial charge in [0.05, 0.1) is 0 Å². The molecule has 0 spiro atoms. The highest BCUT2D eigenvalue weighted by Gasteiger charge is 2.23. The van der Waals surface area contributed by atoms with Crippen LogP contribution in [0.3, 0.4) is 0 Å². The van der Waals surface area contributed by atoms with Crippen molar-refractivity contribution in [2.24, 2.45) is 5.92 Å². The summed E-state index contributed by atoms with van der Waals surface area (Å²) in [5.74, 6) is 0.190. The van der Waals surface area contributed by atoms with Crippen molar-refractivity contribution in [1.29, 1.82) is 0 Å². The molecule has 1 fully saturated rings. The highest BCUT2D eigenvalue weighted by atomic mass is 19.1. The molecule has 2 rings (SSSR count). The first-order valence-electron chi connectivity index (χ1n) is 6.13. The summed E-state index contributed by atoms with van der Waals surface area (Å²) in [7, 11) is 0. The van der Waals surface area contributed by atoms with Crippen LogP contribution in [0.5, 0.6) is 0 Å². The average molecular weight is 235 g/mol. The number of carbonyl (C=O) groups is 1. The monoisotopic (exact) mass is 235 g/mol. The second-order valence-corrected chi connectivity index (χ2v) is 5.05. The fourth-order valence-electron chi connectivity index (χ4n) is 2.34. The van der Waals surface area contributed by atoms with Crippen molar-refractivity contribution in [3.63, 3.8) is 0 Å². The predicted octanol–water partition coefficient (Wildman–Crippen LogP) is 3.05. The Morgan fingerprint density at radius 3 is 2.76 bits per heavy atom. The minimum Gasteiger partial charge on any atom is -0.349 e. The van der Waals surface area contributed by atoms with Crippen molar-refractivity contribution in [2.45, 2.75) is 39.2 Å². The van der Waals surface area contributed by atoms with Gasteiger partial charge in [0, 0.05) is 11.6 Å². The van der Waals surface area contributed by atoms with Crippen LogP contribution < -0.4 is 5.32 Å². The Kier molecular flexibility index (Phi) is 3.46. The minimum absolute atomic E-state index is 0.164. The molecule has 2 atom stereocenters. The Balaban J connectivity index is 2.02. The Bertz CT molecular complexity index is 430. The number of benzene rings is 1. The number of halogens is 1. The van der Waals surface area contributed by atoms with E-state index in [1.807, 2.05) is 0 Å². The van der Waals surface area contributed by atoms with E-state index < -0.39 is 0 Å². The molecule has 1 aliphatic rings. The number of hydrogen-bond acceptors (Lipinski definition) is 1. The molecule has 0 heterocycles. The maximum atomic E-state index is 13.3. The number of aryl methyl sites for hydroxylation is 1. The molecule has 0 aromatic heterocycles. The van der Waals surface area contributed by atoms with Crippen molar-refractivity contribution in [2.75, 3.05) is 0 Å². The molecule has 3 heteroatoms. The lowest BCUT2D eigenvalue weighted by Gasteiger charge is -2.12. The van der Waals surface area contributed by atoms with Crippen LogP contribution >= 0.6 is 0 Å². The standard InChI is InChI=1S/C14H18FNO/c1-9-3-6-12(7-9)16-14(17)11-5-4-10(2)13(15)8-11/h4-5,8-9,12H,3,6-7H2,1-2H3,(H,16,17). The first kappa shape index (κ1) is 12.1. The summed E-state index contributed by atoms with van der Waals surface area (Å²) in [5, 5.41) is 2.97. The van der Waals surface area contributed by atoms with Gasteiger partial charge < -0.3 is 5.32 Å². The summed E-state index contributed by atoms with van der Waals surface area (Å²) in [5.41, 5.74) is 0.976. The van der Waals surface area contributed by atoms with Crippen LogP contribution in [0.4, 0.5) is 4.39 Å².